The number of halogens is 1. The molecule has 0 heterocycles. The molecule has 1 atom stereocenters. The molecule has 0 fully saturated rings. The quantitative estimate of drug-likeness (QED) is 0.680. The van der Waals surface area contributed by atoms with Crippen molar-refractivity contribution in [3.05, 3.63) is 52.5 Å². The molecule has 6 heteroatoms. The van der Waals surface area contributed by atoms with Gasteiger partial charge in [0.15, 0.2) is 11.5 Å². The molecular weight excluding hydrogens is 366 g/mol. The minimum absolute atomic E-state index is 0.00875. The van der Waals surface area contributed by atoms with Crippen LogP contribution in [0.3, 0.4) is 0 Å². The zero-order chi connectivity index (χ0) is 19.8. The van der Waals surface area contributed by atoms with E-state index in [0.29, 0.717) is 35.1 Å². The normalized spacial score (nSPS) is 11.6. The Bertz CT molecular complexity index is 736. The summed E-state index contributed by atoms with van der Waals surface area (Å²) in [5.41, 5.74) is 1.99. The monoisotopic (exact) mass is 391 g/mol. The minimum atomic E-state index is -0.0327. The lowest BCUT2D eigenvalue weighted by molar-refractivity contribution is -0.121. The first-order valence-corrected chi connectivity index (χ1v) is 9.23. The van der Waals surface area contributed by atoms with Gasteiger partial charge >= 0.3 is 0 Å². The number of ether oxygens (including phenoxy) is 3. The molecule has 0 aromatic heterocycles. The van der Waals surface area contributed by atoms with Crippen molar-refractivity contribution >= 4 is 17.5 Å². The predicted molar refractivity (Wildman–Crippen MR) is 107 cm³/mol. The van der Waals surface area contributed by atoms with Crippen molar-refractivity contribution in [3.63, 3.8) is 0 Å². The molecule has 0 aliphatic heterocycles. The number of benzene rings is 2. The van der Waals surface area contributed by atoms with Crippen LogP contribution in [0, 0.1) is 0 Å². The summed E-state index contributed by atoms with van der Waals surface area (Å²) in [5.74, 6) is 1.70. The second-order valence-corrected chi connectivity index (χ2v) is 6.55. The van der Waals surface area contributed by atoms with E-state index in [1.54, 1.807) is 21.3 Å². The fourth-order valence-corrected chi connectivity index (χ4v) is 3.05. The number of methoxy groups -OCH3 is 3. The van der Waals surface area contributed by atoms with Crippen molar-refractivity contribution in [3.8, 4) is 17.2 Å². The largest absolute Gasteiger partial charge is 0.493 e. The molecule has 0 bridgehead atoms. The van der Waals surface area contributed by atoms with E-state index in [9.17, 15) is 4.79 Å². The first-order valence-electron chi connectivity index (χ1n) is 8.86. The first-order chi connectivity index (χ1) is 13.0. The number of hydrogen-bond acceptors (Lipinski definition) is 4. The van der Waals surface area contributed by atoms with Crippen LogP contribution in [-0.4, -0.2) is 27.2 Å². The minimum Gasteiger partial charge on any atom is -0.493 e. The molecule has 0 spiro atoms. The Morgan fingerprint density at radius 2 is 1.63 bits per heavy atom. The maximum Gasteiger partial charge on any atom is 0.220 e. The summed E-state index contributed by atoms with van der Waals surface area (Å²) < 4.78 is 16.0. The molecule has 1 amide bonds. The van der Waals surface area contributed by atoms with Crippen LogP contribution in [-0.2, 0) is 11.2 Å². The highest BCUT2D eigenvalue weighted by atomic mass is 35.5. The molecule has 0 radical (unpaired) electrons. The second-order valence-electron chi connectivity index (χ2n) is 6.11. The smallest absolute Gasteiger partial charge is 0.220 e. The zero-order valence-corrected chi connectivity index (χ0v) is 16.9. The van der Waals surface area contributed by atoms with Gasteiger partial charge < -0.3 is 19.5 Å². The highest BCUT2D eigenvalue weighted by Crippen LogP contribution is 2.38. The van der Waals surface area contributed by atoms with Crippen molar-refractivity contribution in [1.82, 2.24) is 5.32 Å². The number of nitrogens with one attached hydrogen (secondary N) is 1. The van der Waals surface area contributed by atoms with E-state index >= 15 is 0 Å². The van der Waals surface area contributed by atoms with E-state index in [1.807, 2.05) is 43.3 Å². The summed E-state index contributed by atoms with van der Waals surface area (Å²) in [6.07, 6.45) is 1.74. The Kier molecular flexibility index (Phi) is 7.80. The average Bonchev–Trinajstić information content (AvgIpc) is 2.70. The molecule has 0 aliphatic rings. The van der Waals surface area contributed by atoms with Gasteiger partial charge in [-0.3, -0.25) is 4.79 Å². The number of hydrogen-bond donors (Lipinski definition) is 1. The Hall–Kier alpha value is -2.40. The average molecular weight is 392 g/mol. The molecule has 2 aromatic rings. The van der Waals surface area contributed by atoms with Crippen LogP contribution in [0.1, 0.15) is 36.9 Å². The molecule has 0 saturated carbocycles. The lowest BCUT2D eigenvalue weighted by atomic mass is 10.0. The van der Waals surface area contributed by atoms with Gasteiger partial charge in [0.05, 0.1) is 27.4 Å². The summed E-state index contributed by atoms with van der Waals surface area (Å²) in [6.45, 7) is 2.04. The zero-order valence-electron chi connectivity index (χ0n) is 16.2. The Balaban J connectivity index is 2.03. The van der Waals surface area contributed by atoms with Gasteiger partial charge in [-0.15, -0.1) is 0 Å². The SMILES string of the molecule is CCC(NC(=O)CCc1cc(OC)c(OC)c(OC)c1)c1ccc(Cl)cc1. The highest BCUT2D eigenvalue weighted by Gasteiger charge is 2.16. The van der Waals surface area contributed by atoms with E-state index in [4.69, 9.17) is 25.8 Å². The van der Waals surface area contributed by atoms with Crippen LogP contribution in [0.2, 0.25) is 5.02 Å². The van der Waals surface area contributed by atoms with Crippen LogP contribution in [0.15, 0.2) is 36.4 Å². The molecule has 1 N–H and O–H groups in total. The van der Waals surface area contributed by atoms with E-state index < -0.39 is 0 Å². The molecule has 0 saturated heterocycles. The van der Waals surface area contributed by atoms with Crippen LogP contribution in [0.25, 0.3) is 0 Å². The molecule has 1 unspecified atom stereocenters. The van der Waals surface area contributed by atoms with Gasteiger partial charge in [0.1, 0.15) is 0 Å². The Labute approximate surface area is 165 Å². The van der Waals surface area contributed by atoms with Gasteiger partial charge in [-0.2, -0.15) is 0 Å². The second kappa shape index (κ2) is 10.1. The summed E-state index contributed by atoms with van der Waals surface area (Å²) in [4.78, 5) is 12.4. The third-order valence-corrected chi connectivity index (χ3v) is 4.63. The van der Waals surface area contributed by atoms with E-state index in [2.05, 4.69) is 5.32 Å². The van der Waals surface area contributed by atoms with Gasteiger partial charge in [-0.1, -0.05) is 30.7 Å². The fourth-order valence-electron chi connectivity index (χ4n) is 2.92. The van der Waals surface area contributed by atoms with Gasteiger partial charge in [0.25, 0.3) is 0 Å². The topological polar surface area (TPSA) is 56.8 Å². The predicted octanol–water partition coefficient (Wildman–Crippen LogP) is 4.57. The van der Waals surface area contributed by atoms with Crippen LogP contribution >= 0.6 is 11.6 Å². The summed E-state index contributed by atoms with van der Waals surface area (Å²) in [6, 6.07) is 11.3. The molecule has 27 heavy (non-hydrogen) atoms. The fraction of sp³-hybridized carbons (Fsp3) is 0.381. The van der Waals surface area contributed by atoms with E-state index in [0.717, 1.165) is 17.5 Å². The number of rotatable bonds is 9. The standard InChI is InChI=1S/C21H26ClNO4/c1-5-17(15-7-9-16(22)10-8-15)23-20(24)11-6-14-12-18(25-2)21(27-4)19(13-14)26-3/h7-10,12-13,17H,5-6,11H2,1-4H3,(H,23,24). The van der Waals surface area contributed by atoms with Gasteiger partial charge in [-0.25, -0.2) is 0 Å². The van der Waals surface area contributed by atoms with Crippen LogP contribution < -0.4 is 19.5 Å². The summed E-state index contributed by atoms with van der Waals surface area (Å²) in [5, 5.41) is 3.77. The molecular formula is C21H26ClNO4. The van der Waals surface area contributed by atoms with Crippen molar-refractivity contribution in [2.45, 2.75) is 32.2 Å². The summed E-state index contributed by atoms with van der Waals surface area (Å²) >= 11 is 5.94. The third kappa shape index (κ3) is 5.54. The van der Waals surface area contributed by atoms with Crippen LogP contribution in [0.4, 0.5) is 0 Å². The lowest BCUT2D eigenvalue weighted by Gasteiger charge is -2.18. The Morgan fingerprint density at radius 1 is 1.04 bits per heavy atom. The number of aryl methyl sites for hydroxylation is 1. The maximum atomic E-state index is 12.4. The maximum absolute atomic E-state index is 12.4. The number of carbonyl (C=O) groups is 1. The van der Waals surface area contributed by atoms with E-state index in [-0.39, 0.29) is 11.9 Å². The van der Waals surface area contributed by atoms with Crippen molar-refractivity contribution in [2.24, 2.45) is 0 Å². The van der Waals surface area contributed by atoms with E-state index in [1.165, 1.54) is 0 Å². The molecule has 5 nitrogen and oxygen atoms in total. The third-order valence-electron chi connectivity index (χ3n) is 4.38. The van der Waals surface area contributed by atoms with Crippen LogP contribution in [0.5, 0.6) is 17.2 Å². The number of carbonyl (C=O) groups excluding carboxylic acids is 1. The molecule has 2 rings (SSSR count). The van der Waals surface area contributed by atoms with Gasteiger partial charge in [-0.05, 0) is 48.2 Å². The lowest BCUT2D eigenvalue weighted by Crippen LogP contribution is -2.28. The molecule has 146 valence electrons. The van der Waals surface area contributed by atoms with Crippen molar-refractivity contribution < 1.29 is 19.0 Å². The molecule has 2 aromatic carbocycles. The van der Waals surface area contributed by atoms with Gasteiger partial charge in [0, 0.05) is 11.4 Å². The summed E-state index contributed by atoms with van der Waals surface area (Å²) in [7, 11) is 4.71. The van der Waals surface area contributed by atoms with Crippen molar-refractivity contribution in [2.75, 3.05) is 21.3 Å². The highest BCUT2D eigenvalue weighted by molar-refractivity contribution is 6.30. The van der Waals surface area contributed by atoms with Gasteiger partial charge in [0.2, 0.25) is 11.7 Å². The first kappa shape index (κ1) is 20.9. The van der Waals surface area contributed by atoms with Crippen molar-refractivity contribution in [1.29, 1.82) is 0 Å². The molecule has 0 aliphatic carbocycles. The number of amides is 1. The Morgan fingerprint density at radius 3 is 2.11 bits per heavy atom.